The number of ether oxygens (including phenoxy) is 8. The number of nitrogens with two attached hydrogens (primary N) is 1. The zero-order valence-electron chi connectivity index (χ0n) is 32.9. The van der Waals surface area contributed by atoms with E-state index in [1.54, 1.807) is 12.1 Å². The van der Waals surface area contributed by atoms with Gasteiger partial charge in [0.2, 0.25) is 17.7 Å². The molecule has 0 aliphatic carbocycles. The van der Waals surface area contributed by atoms with Gasteiger partial charge in [-0.3, -0.25) is 9.59 Å². The maximum Gasteiger partial charge on any atom is 0.326 e. The van der Waals surface area contributed by atoms with Gasteiger partial charge in [0.1, 0.15) is 12.6 Å². The Morgan fingerprint density at radius 1 is 0.746 bits per heavy atom. The van der Waals surface area contributed by atoms with Crippen molar-refractivity contribution in [1.82, 2.24) is 30.6 Å². The summed E-state index contributed by atoms with van der Waals surface area (Å²) in [6.07, 6.45) is 6.33. The van der Waals surface area contributed by atoms with Crippen LogP contribution >= 0.6 is 0 Å². The van der Waals surface area contributed by atoms with Crippen LogP contribution in [0.3, 0.4) is 0 Å². The fourth-order valence-corrected chi connectivity index (χ4v) is 4.76. The highest BCUT2D eigenvalue weighted by molar-refractivity contribution is 5.97. The highest BCUT2D eigenvalue weighted by atomic mass is 16.6. The SMILES string of the molecule is C#CCOCCOCCOCCOCCOCCOCCOCCOCCNC(=O)CC[C@H](NC(=O)c1ccc(NCc2cnc3nc(N)nc(O)c3n2)cc1)C(=O)O. The topological polar surface area (TPSA) is 279 Å². The number of aliphatic carboxylic acids is 1. The molecule has 0 unspecified atom stereocenters. The van der Waals surface area contributed by atoms with Crippen LogP contribution in [0.1, 0.15) is 28.9 Å². The highest BCUT2D eigenvalue weighted by Crippen LogP contribution is 2.19. The third-order valence-electron chi connectivity index (χ3n) is 7.70. The first-order chi connectivity index (χ1) is 28.8. The van der Waals surface area contributed by atoms with E-state index in [0.29, 0.717) is 104 Å². The molecule has 21 heteroatoms. The quantitative estimate of drug-likeness (QED) is 0.0345. The second-order valence-corrected chi connectivity index (χ2v) is 12.2. The van der Waals surface area contributed by atoms with Gasteiger partial charge in [-0.25, -0.2) is 14.8 Å². The molecular weight excluding hydrogens is 776 g/mol. The third-order valence-corrected chi connectivity index (χ3v) is 7.70. The molecule has 21 nitrogen and oxygen atoms in total. The Balaban J connectivity index is 1.12. The van der Waals surface area contributed by atoms with Gasteiger partial charge < -0.3 is 69.8 Å². The Morgan fingerprint density at radius 3 is 1.80 bits per heavy atom. The van der Waals surface area contributed by atoms with Crippen LogP contribution in [0.5, 0.6) is 5.88 Å². The van der Waals surface area contributed by atoms with Gasteiger partial charge in [-0.05, 0) is 30.7 Å². The van der Waals surface area contributed by atoms with Crippen molar-refractivity contribution in [2.24, 2.45) is 0 Å². The van der Waals surface area contributed by atoms with Gasteiger partial charge in [0.25, 0.3) is 5.91 Å². The molecule has 0 bridgehead atoms. The maximum absolute atomic E-state index is 12.8. The highest BCUT2D eigenvalue weighted by Gasteiger charge is 2.22. The summed E-state index contributed by atoms with van der Waals surface area (Å²) in [7, 11) is 0. The van der Waals surface area contributed by atoms with Crippen molar-refractivity contribution in [3.8, 4) is 18.2 Å². The van der Waals surface area contributed by atoms with Crippen molar-refractivity contribution in [2.45, 2.75) is 25.4 Å². The summed E-state index contributed by atoms with van der Waals surface area (Å²) in [5.41, 5.74) is 7.14. The van der Waals surface area contributed by atoms with Crippen LogP contribution < -0.4 is 21.7 Å². The summed E-state index contributed by atoms with van der Waals surface area (Å²) in [6.45, 7) is 7.06. The molecule has 2 heterocycles. The van der Waals surface area contributed by atoms with E-state index in [1.165, 1.54) is 18.3 Å². The smallest absolute Gasteiger partial charge is 0.326 e. The minimum absolute atomic E-state index is 0.107. The molecule has 1 atom stereocenters. The molecule has 0 saturated heterocycles. The van der Waals surface area contributed by atoms with E-state index in [4.69, 9.17) is 50.1 Å². The van der Waals surface area contributed by atoms with Crippen molar-refractivity contribution >= 4 is 40.6 Å². The average molecular weight is 831 g/mol. The standard InChI is InChI=1S/C38H54N8O13/c1-2-10-52-12-14-54-16-18-56-20-22-58-24-25-59-23-21-57-19-17-55-15-13-53-11-9-40-32(47)8-7-31(37(50)51)44-35(48)28-3-5-29(6-4-28)41-26-30-27-42-34-33(43-30)36(49)46-38(39)45-34/h1,3-6,27,31,41H,7-26H2,(H,40,47)(H,44,48)(H,50,51)(H3,39,42,45,46,49)/t31-/m0/s1. The van der Waals surface area contributed by atoms with Gasteiger partial charge in [-0.2, -0.15) is 9.97 Å². The number of aromatic hydroxyl groups is 1. The first kappa shape index (κ1) is 48.1. The molecule has 0 aliphatic rings. The van der Waals surface area contributed by atoms with E-state index in [9.17, 15) is 24.6 Å². The zero-order valence-corrected chi connectivity index (χ0v) is 32.9. The van der Waals surface area contributed by atoms with Crippen LogP contribution in [-0.2, 0) is 54.0 Å². The van der Waals surface area contributed by atoms with E-state index in [-0.39, 0.29) is 73.6 Å². The van der Waals surface area contributed by atoms with Gasteiger partial charge in [-0.1, -0.05) is 5.92 Å². The molecule has 3 rings (SSSR count). The van der Waals surface area contributed by atoms with Crippen LogP contribution in [0.25, 0.3) is 11.2 Å². The number of carbonyl (C=O) groups excluding carboxylic acids is 2. The molecule has 0 fully saturated rings. The second-order valence-electron chi connectivity index (χ2n) is 12.2. The van der Waals surface area contributed by atoms with Crippen molar-refractivity contribution in [3.63, 3.8) is 0 Å². The first-order valence-corrected chi connectivity index (χ1v) is 18.9. The number of aromatic nitrogens is 4. The molecular formula is C38H54N8O13. The van der Waals surface area contributed by atoms with Gasteiger partial charge in [0, 0.05) is 24.2 Å². The lowest BCUT2D eigenvalue weighted by molar-refractivity contribution is -0.139. The Labute approximate surface area is 342 Å². The van der Waals surface area contributed by atoms with E-state index in [1.807, 2.05) is 0 Å². The molecule has 324 valence electrons. The van der Waals surface area contributed by atoms with Crippen LogP contribution in [0.4, 0.5) is 11.6 Å². The largest absolute Gasteiger partial charge is 0.492 e. The number of anilines is 2. The van der Waals surface area contributed by atoms with Crippen LogP contribution in [0, 0.1) is 12.3 Å². The average Bonchev–Trinajstić information content (AvgIpc) is 3.22. The van der Waals surface area contributed by atoms with E-state index < -0.39 is 17.9 Å². The van der Waals surface area contributed by atoms with Crippen LogP contribution in [-0.4, -0.2) is 166 Å². The van der Waals surface area contributed by atoms with Gasteiger partial charge in [0.15, 0.2) is 11.2 Å². The van der Waals surface area contributed by atoms with Crippen molar-refractivity contribution in [1.29, 1.82) is 0 Å². The lowest BCUT2D eigenvalue weighted by atomic mass is 10.1. The molecule has 59 heavy (non-hydrogen) atoms. The van der Waals surface area contributed by atoms with Gasteiger partial charge in [0.05, 0.1) is 118 Å². The fraction of sp³-hybridized carbons (Fsp3) is 0.553. The number of hydrogen-bond donors (Lipinski definition) is 6. The normalized spacial score (nSPS) is 11.6. The van der Waals surface area contributed by atoms with Crippen molar-refractivity contribution in [3.05, 3.63) is 41.7 Å². The number of terminal acetylenes is 1. The Morgan fingerprint density at radius 2 is 1.27 bits per heavy atom. The summed E-state index contributed by atoms with van der Waals surface area (Å²) in [5.74, 6) is -0.358. The maximum atomic E-state index is 12.8. The number of amides is 2. The van der Waals surface area contributed by atoms with Crippen LogP contribution in [0.2, 0.25) is 0 Å². The summed E-state index contributed by atoms with van der Waals surface area (Å²) in [4.78, 5) is 52.9. The van der Waals surface area contributed by atoms with E-state index in [2.05, 4.69) is 41.8 Å². The molecule has 0 radical (unpaired) electrons. The van der Waals surface area contributed by atoms with E-state index in [0.717, 1.165) is 0 Å². The molecule has 3 aromatic rings. The summed E-state index contributed by atoms with van der Waals surface area (Å²) in [5, 5.41) is 27.8. The third kappa shape index (κ3) is 21.3. The number of benzene rings is 1. The Hall–Kier alpha value is -5.31. The van der Waals surface area contributed by atoms with E-state index >= 15 is 0 Å². The van der Waals surface area contributed by atoms with Crippen LogP contribution in [0.15, 0.2) is 30.5 Å². The number of hydrogen-bond acceptors (Lipinski definition) is 18. The second kappa shape index (κ2) is 29.8. The monoisotopic (exact) mass is 830 g/mol. The summed E-state index contributed by atoms with van der Waals surface area (Å²) >= 11 is 0. The molecule has 2 amide bonds. The number of carboxylic acids is 1. The predicted molar refractivity (Wildman–Crippen MR) is 211 cm³/mol. The molecule has 1 aromatic carbocycles. The number of carbonyl (C=O) groups is 3. The number of fused-ring (bicyclic) bond motifs is 1. The Bertz CT molecular complexity index is 1720. The van der Waals surface area contributed by atoms with Crippen molar-refractivity contribution < 1.29 is 62.5 Å². The van der Waals surface area contributed by atoms with Gasteiger partial charge >= 0.3 is 5.97 Å². The minimum atomic E-state index is -1.27. The first-order valence-electron chi connectivity index (χ1n) is 18.9. The number of nitrogen functional groups attached to an aromatic ring is 1. The number of carboxylic acid groups (broad SMARTS) is 1. The lowest BCUT2D eigenvalue weighted by Gasteiger charge is -2.15. The molecule has 7 N–H and O–H groups in total. The predicted octanol–water partition coefficient (Wildman–Crippen LogP) is 0.165. The zero-order chi connectivity index (χ0) is 42.3. The lowest BCUT2D eigenvalue weighted by Crippen LogP contribution is -2.41. The summed E-state index contributed by atoms with van der Waals surface area (Å²) < 4.78 is 43.1. The number of nitrogens with zero attached hydrogens (tertiary/aromatic N) is 4. The summed E-state index contributed by atoms with van der Waals surface area (Å²) in [6, 6.07) is 5.05. The molecule has 0 aliphatic heterocycles. The van der Waals surface area contributed by atoms with Crippen molar-refractivity contribution in [2.75, 3.05) is 123 Å². The fourth-order valence-electron chi connectivity index (χ4n) is 4.76. The number of nitrogens with one attached hydrogen (secondary N) is 3. The molecule has 2 aromatic heterocycles. The molecule has 0 saturated carbocycles. The molecule has 0 spiro atoms. The Kier molecular flexibility index (Phi) is 24.3. The van der Waals surface area contributed by atoms with Gasteiger partial charge in [-0.15, -0.1) is 6.42 Å². The number of rotatable bonds is 34. The minimum Gasteiger partial charge on any atom is -0.492 e.